The Balaban J connectivity index is 0.812. The number of nitrogens with one attached hydrogen (secondary N) is 1. The van der Waals surface area contributed by atoms with Crippen molar-refractivity contribution in [3.05, 3.63) is 158 Å². The number of hydrogen-bond donors (Lipinski definition) is 1. The lowest BCUT2D eigenvalue weighted by Crippen LogP contribution is -2.43. The van der Waals surface area contributed by atoms with Gasteiger partial charge in [0.2, 0.25) is 0 Å². The summed E-state index contributed by atoms with van der Waals surface area (Å²) >= 11 is 0. The van der Waals surface area contributed by atoms with Gasteiger partial charge < -0.3 is 5.32 Å². The smallest absolute Gasteiger partial charge is 0.0403 e. The third kappa shape index (κ3) is 7.57. The van der Waals surface area contributed by atoms with Gasteiger partial charge in [-0.15, -0.1) is 0 Å². The highest BCUT2D eigenvalue weighted by Gasteiger charge is 2.49. The summed E-state index contributed by atoms with van der Waals surface area (Å²) in [5.41, 5.74) is 19.2. The van der Waals surface area contributed by atoms with Crippen molar-refractivity contribution in [3.8, 4) is 0 Å². The van der Waals surface area contributed by atoms with E-state index in [0.717, 1.165) is 31.6 Å². The number of piperidine rings is 1. The van der Waals surface area contributed by atoms with Gasteiger partial charge in [0.05, 0.1) is 0 Å². The van der Waals surface area contributed by atoms with Crippen LogP contribution in [-0.2, 0) is 5.41 Å². The Labute approximate surface area is 380 Å². The van der Waals surface area contributed by atoms with Crippen molar-refractivity contribution >= 4 is 12.3 Å². The molecule has 1 N–H and O–H groups in total. The van der Waals surface area contributed by atoms with Gasteiger partial charge in [0, 0.05) is 41.1 Å². The fourth-order valence-corrected chi connectivity index (χ4v) is 14.8. The number of allylic oxidation sites excluding steroid dienone is 20. The monoisotopic (exact) mass is 835 g/mol. The molecule has 0 bridgehead atoms. The predicted octanol–water partition coefficient (Wildman–Crippen LogP) is 15.3. The summed E-state index contributed by atoms with van der Waals surface area (Å²) in [6.07, 6.45) is 54.9. The first kappa shape index (κ1) is 41.7. The van der Waals surface area contributed by atoms with Crippen LogP contribution in [0.25, 0.3) is 6.08 Å². The van der Waals surface area contributed by atoms with E-state index in [4.69, 9.17) is 4.99 Å². The number of nitrogens with zero attached hydrogens (tertiary/aromatic N) is 1. The topological polar surface area (TPSA) is 24.4 Å². The van der Waals surface area contributed by atoms with Crippen molar-refractivity contribution < 1.29 is 0 Å². The predicted molar refractivity (Wildman–Crippen MR) is 267 cm³/mol. The Morgan fingerprint density at radius 2 is 1.75 bits per heavy atom. The van der Waals surface area contributed by atoms with Gasteiger partial charge >= 0.3 is 0 Å². The van der Waals surface area contributed by atoms with Gasteiger partial charge in [-0.25, -0.2) is 0 Å². The molecule has 2 heteroatoms. The van der Waals surface area contributed by atoms with Crippen molar-refractivity contribution in [2.24, 2.45) is 52.3 Å². The number of benzene rings is 1. The molecule has 328 valence electrons. The van der Waals surface area contributed by atoms with E-state index in [9.17, 15) is 0 Å². The molecule has 0 aromatic heterocycles. The van der Waals surface area contributed by atoms with Crippen molar-refractivity contribution in [2.45, 2.75) is 148 Å². The second-order valence-electron chi connectivity index (χ2n) is 21.8. The molecule has 1 fully saturated rings. The highest BCUT2D eigenvalue weighted by Crippen LogP contribution is 2.58. The van der Waals surface area contributed by atoms with E-state index in [1.54, 1.807) is 44.6 Å². The van der Waals surface area contributed by atoms with Crippen LogP contribution in [0.2, 0.25) is 0 Å². The lowest BCUT2D eigenvalue weighted by molar-refractivity contribution is 0.283. The third-order valence-corrected chi connectivity index (χ3v) is 18.3. The summed E-state index contributed by atoms with van der Waals surface area (Å²) in [6, 6.07) is 8.08. The van der Waals surface area contributed by atoms with Crippen LogP contribution in [0.5, 0.6) is 0 Å². The minimum atomic E-state index is 0.165. The van der Waals surface area contributed by atoms with Gasteiger partial charge in [0.25, 0.3) is 0 Å². The van der Waals surface area contributed by atoms with Crippen molar-refractivity contribution in [3.63, 3.8) is 0 Å². The van der Waals surface area contributed by atoms with Crippen LogP contribution in [-0.4, -0.2) is 18.8 Å². The zero-order valence-electron chi connectivity index (χ0n) is 39.1. The normalized spacial score (nSPS) is 36.7. The summed E-state index contributed by atoms with van der Waals surface area (Å²) < 4.78 is 0. The molecule has 0 radical (unpaired) electrons. The minimum Gasteiger partial charge on any atom is -0.310 e. The molecule has 0 saturated carbocycles. The first-order valence-electron chi connectivity index (χ1n) is 26.0. The molecule has 63 heavy (non-hydrogen) atoms. The van der Waals surface area contributed by atoms with Gasteiger partial charge in [-0.1, -0.05) is 142 Å². The average molecular weight is 835 g/mol. The van der Waals surface area contributed by atoms with Gasteiger partial charge in [-0.05, 0) is 188 Å². The molecular weight excluding hydrogens is 761 g/mol. The highest BCUT2D eigenvalue weighted by atomic mass is 14.9. The minimum absolute atomic E-state index is 0.165. The molecule has 11 rings (SSSR count). The lowest BCUT2D eigenvalue weighted by atomic mass is 9.61. The van der Waals surface area contributed by atoms with E-state index < -0.39 is 0 Å². The van der Waals surface area contributed by atoms with Crippen LogP contribution in [0.3, 0.4) is 0 Å². The van der Waals surface area contributed by atoms with Crippen LogP contribution < -0.4 is 5.32 Å². The van der Waals surface area contributed by atoms with Crippen molar-refractivity contribution in [1.82, 2.24) is 5.32 Å². The van der Waals surface area contributed by atoms with Crippen molar-refractivity contribution in [1.29, 1.82) is 0 Å². The lowest BCUT2D eigenvalue weighted by Gasteiger charge is -2.45. The molecule has 2 heterocycles. The maximum atomic E-state index is 5.00. The number of rotatable bonds is 7. The molecule has 2 aliphatic heterocycles. The van der Waals surface area contributed by atoms with Gasteiger partial charge in [-0.2, -0.15) is 0 Å². The Bertz CT molecular complexity index is 2360. The molecule has 10 atom stereocenters. The van der Waals surface area contributed by atoms with Crippen LogP contribution in [0, 0.1) is 47.3 Å². The zero-order valence-corrected chi connectivity index (χ0v) is 39.1. The zero-order chi connectivity index (χ0) is 42.7. The molecule has 1 saturated heterocycles. The Morgan fingerprint density at radius 3 is 2.60 bits per heavy atom. The highest BCUT2D eigenvalue weighted by molar-refractivity contribution is 5.63. The first-order valence-corrected chi connectivity index (χ1v) is 26.0. The van der Waals surface area contributed by atoms with E-state index in [-0.39, 0.29) is 5.41 Å². The molecule has 0 amide bonds. The molecule has 1 aromatic carbocycles. The van der Waals surface area contributed by atoms with Crippen LogP contribution in [0.15, 0.2) is 146 Å². The van der Waals surface area contributed by atoms with Gasteiger partial charge in [0.1, 0.15) is 0 Å². The van der Waals surface area contributed by atoms with Crippen molar-refractivity contribution in [2.75, 3.05) is 6.54 Å². The molecule has 10 unspecified atom stereocenters. The summed E-state index contributed by atoms with van der Waals surface area (Å²) in [5, 5.41) is 3.93. The molecule has 10 aliphatic rings. The summed E-state index contributed by atoms with van der Waals surface area (Å²) in [5.74, 6) is 5.46. The van der Waals surface area contributed by atoms with Gasteiger partial charge in [-0.3, -0.25) is 4.99 Å². The van der Waals surface area contributed by atoms with Crippen LogP contribution in [0.1, 0.15) is 153 Å². The van der Waals surface area contributed by atoms with Gasteiger partial charge in [0.15, 0.2) is 0 Å². The van der Waals surface area contributed by atoms with Crippen LogP contribution in [0.4, 0.5) is 0 Å². The maximum absolute atomic E-state index is 5.00. The summed E-state index contributed by atoms with van der Waals surface area (Å²) in [7, 11) is 0. The first-order chi connectivity index (χ1) is 30.9. The third-order valence-electron chi connectivity index (χ3n) is 18.3. The Morgan fingerprint density at radius 1 is 0.841 bits per heavy atom. The second-order valence-corrected chi connectivity index (χ2v) is 21.8. The second kappa shape index (κ2) is 17.4. The summed E-state index contributed by atoms with van der Waals surface area (Å²) in [4.78, 5) is 5.00. The van der Waals surface area contributed by atoms with E-state index in [1.165, 1.54) is 106 Å². The SMILES string of the molecule is CCC1(CC)c2cc(C=CC3=CC4=C(CC3)C/C(=C3/CC(C)CC=N3)C3C=CCCC43)ccc2C2C=CC(C=CC3CCC4=C(C3)C3C=CCC(C)C3C(C3CCCCN3)=C4)=CC21. The standard InChI is InChI=1S/C61H74N2/c1-5-61(6-2)56-35-43(19-17-41-21-25-45-37-54(59-32-39(3)29-31-63-59)48-14-8-7-13-47(48)52(45)33-41)23-27-49(56)50-28-24-44(36-57(50)61)20-18-42-22-26-46-38-55(58-16-9-10-30-62-58)60-40(4)12-11-15-51(60)53(46)34-42/h8,11,14-15,17-20,23-24,27-28,31,33,35-36,38-40,42,47-48,50-51,57-58,60,62H,5-7,9-10,12-13,16,21-22,25-26,29-30,32,34,37H2,1-4H3/b19-17?,20-18?,59-54+. The van der Waals surface area contributed by atoms with E-state index >= 15 is 0 Å². The fraction of sp³-hybridized carbons (Fsp3) is 0.525. The molecular formula is C61H74N2. The summed E-state index contributed by atoms with van der Waals surface area (Å²) in [6.45, 7) is 11.0. The molecule has 8 aliphatic carbocycles. The number of hydrogen-bond acceptors (Lipinski definition) is 2. The largest absolute Gasteiger partial charge is 0.310 e. The fourth-order valence-electron chi connectivity index (χ4n) is 14.8. The average Bonchev–Trinajstić information content (AvgIpc) is 3.60. The quantitative estimate of drug-likeness (QED) is 0.272. The number of fused-ring (bicyclic) bond motifs is 7. The van der Waals surface area contributed by atoms with E-state index in [1.807, 2.05) is 0 Å². The number of aliphatic imine (C=N–C) groups is 1. The maximum Gasteiger partial charge on any atom is 0.0403 e. The van der Waals surface area contributed by atoms with E-state index in [2.05, 4.69) is 136 Å². The molecule has 1 aromatic rings. The molecule has 2 nitrogen and oxygen atoms in total. The Hall–Kier alpha value is -4.01. The molecule has 0 spiro atoms. The van der Waals surface area contributed by atoms with E-state index in [0.29, 0.717) is 53.4 Å². The Kier molecular flexibility index (Phi) is 11.5. The van der Waals surface area contributed by atoms with Crippen LogP contribution >= 0.6 is 0 Å².